The molecule has 0 atom stereocenters. The maximum absolute atomic E-state index is 5.78. The van der Waals surface area contributed by atoms with Gasteiger partial charge in [0.15, 0.2) is 5.96 Å². The Bertz CT molecular complexity index is 613. The van der Waals surface area contributed by atoms with E-state index in [0.717, 1.165) is 30.9 Å². The summed E-state index contributed by atoms with van der Waals surface area (Å²) in [4.78, 5) is 8.96. The van der Waals surface area contributed by atoms with Crippen molar-refractivity contribution < 1.29 is 4.74 Å². The molecular weight excluding hydrogens is 320 g/mol. The molecule has 6 heteroatoms. The monoisotopic (exact) mass is 346 g/mol. The van der Waals surface area contributed by atoms with Crippen molar-refractivity contribution in [2.75, 3.05) is 13.2 Å². The van der Waals surface area contributed by atoms with Gasteiger partial charge in [-0.15, -0.1) is 0 Å². The number of nitrogens with zero attached hydrogens (tertiary/aromatic N) is 2. The summed E-state index contributed by atoms with van der Waals surface area (Å²) >= 11 is 1.69. The Kier molecular flexibility index (Phi) is 8.10. The first-order valence-corrected chi connectivity index (χ1v) is 9.37. The topological polar surface area (TPSA) is 58.5 Å². The van der Waals surface area contributed by atoms with Crippen LogP contribution in [0.15, 0.2) is 40.1 Å². The fourth-order valence-corrected chi connectivity index (χ4v) is 2.74. The van der Waals surface area contributed by atoms with E-state index < -0.39 is 0 Å². The predicted molar refractivity (Wildman–Crippen MR) is 101 cm³/mol. The molecule has 0 spiro atoms. The molecule has 2 aromatic rings. The van der Waals surface area contributed by atoms with E-state index in [1.807, 2.05) is 12.1 Å². The number of aromatic nitrogens is 1. The van der Waals surface area contributed by atoms with Gasteiger partial charge >= 0.3 is 0 Å². The molecule has 0 unspecified atom stereocenters. The molecule has 0 bridgehead atoms. The van der Waals surface area contributed by atoms with Crippen LogP contribution in [0.2, 0.25) is 0 Å². The van der Waals surface area contributed by atoms with Gasteiger partial charge in [-0.25, -0.2) is 9.98 Å². The lowest BCUT2D eigenvalue weighted by molar-refractivity contribution is 0.294. The van der Waals surface area contributed by atoms with E-state index in [4.69, 9.17) is 4.74 Å². The van der Waals surface area contributed by atoms with E-state index in [-0.39, 0.29) is 0 Å². The van der Waals surface area contributed by atoms with Gasteiger partial charge in [-0.3, -0.25) is 0 Å². The number of unbranched alkanes of at least 4 members (excludes halogenated alkanes) is 1. The molecule has 2 aromatic heterocycles. The SMILES string of the molecule is CCCCOc1ncccc1CNC(=NCc1ccsc1)NCC. The van der Waals surface area contributed by atoms with Crippen LogP contribution in [0.3, 0.4) is 0 Å². The summed E-state index contributed by atoms with van der Waals surface area (Å²) in [5.41, 5.74) is 2.26. The summed E-state index contributed by atoms with van der Waals surface area (Å²) in [5.74, 6) is 1.50. The van der Waals surface area contributed by atoms with Crippen molar-refractivity contribution in [1.82, 2.24) is 15.6 Å². The number of ether oxygens (including phenoxy) is 1. The normalized spacial score (nSPS) is 11.3. The van der Waals surface area contributed by atoms with E-state index in [9.17, 15) is 0 Å². The zero-order valence-electron chi connectivity index (χ0n) is 14.4. The maximum atomic E-state index is 5.78. The summed E-state index contributed by atoms with van der Waals surface area (Å²) in [6.07, 6.45) is 3.91. The lowest BCUT2D eigenvalue weighted by atomic mass is 10.2. The molecule has 0 fully saturated rings. The smallest absolute Gasteiger partial charge is 0.218 e. The molecule has 5 nitrogen and oxygen atoms in total. The average molecular weight is 347 g/mol. The first-order valence-electron chi connectivity index (χ1n) is 8.43. The Morgan fingerprint density at radius 2 is 2.21 bits per heavy atom. The first-order chi connectivity index (χ1) is 11.8. The second-order valence-electron chi connectivity index (χ2n) is 5.35. The molecule has 0 saturated carbocycles. The molecule has 0 radical (unpaired) electrons. The highest BCUT2D eigenvalue weighted by molar-refractivity contribution is 7.07. The molecule has 2 heterocycles. The minimum Gasteiger partial charge on any atom is -0.477 e. The molecule has 2 N–H and O–H groups in total. The lowest BCUT2D eigenvalue weighted by Gasteiger charge is -2.13. The van der Waals surface area contributed by atoms with Crippen molar-refractivity contribution in [2.24, 2.45) is 4.99 Å². The van der Waals surface area contributed by atoms with Crippen molar-refractivity contribution in [3.63, 3.8) is 0 Å². The standard InChI is InChI=1S/C18H26N4OS/c1-3-5-10-23-17-16(7-6-9-20-17)13-22-18(19-4-2)21-12-15-8-11-24-14-15/h6-9,11,14H,3-5,10,12-13H2,1-2H3,(H2,19,21,22). The summed E-state index contributed by atoms with van der Waals surface area (Å²) < 4.78 is 5.78. The first kappa shape index (κ1) is 18.3. The lowest BCUT2D eigenvalue weighted by Crippen LogP contribution is -2.36. The Balaban J connectivity index is 1.94. The van der Waals surface area contributed by atoms with E-state index >= 15 is 0 Å². The Morgan fingerprint density at radius 1 is 1.29 bits per heavy atom. The van der Waals surface area contributed by atoms with Crippen LogP contribution in [0.25, 0.3) is 0 Å². The number of hydrogen-bond donors (Lipinski definition) is 2. The third kappa shape index (κ3) is 6.20. The predicted octanol–water partition coefficient (Wildman–Crippen LogP) is 3.58. The maximum Gasteiger partial charge on any atom is 0.218 e. The van der Waals surface area contributed by atoms with Gasteiger partial charge in [0.25, 0.3) is 0 Å². The highest BCUT2D eigenvalue weighted by atomic mass is 32.1. The van der Waals surface area contributed by atoms with Crippen LogP contribution >= 0.6 is 11.3 Å². The zero-order chi connectivity index (χ0) is 17.0. The number of hydrogen-bond acceptors (Lipinski definition) is 4. The van der Waals surface area contributed by atoms with Gasteiger partial charge in [0.2, 0.25) is 5.88 Å². The Hall–Kier alpha value is -2.08. The minimum atomic E-state index is 0.630. The molecule has 0 aromatic carbocycles. The highest BCUT2D eigenvalue weighted by Crippen LogP contribution is 2.14. The summed E-state index contributed by atoms with van der Waals surface area (Å²) in [6.45, 7) is 7.04. The Labute approximate surface area is 148 Å². The van der Waals surface area contributed by atoms with Gasteiger partial charge in [-0.2, -0.15) is 11.3 Å². The number of thiophene rings is 1. The zero-order valence-corrected chi connectivity index (χ0v) is 15.2. The van der Waals surface area contributed by atoms with E-state index in [1.54, 1.807) is 17.5 Å². The van der Waals surface area contributed by atoms with Crippen LogP contribution < -0.4 is 15.4 Å². The van der Waals surface area contributed by atoms with Crippen molar-refractivity contribution in [3.05, 3.63) is 46.3 Å². The van der Waals surface area contributed by atoms with Gasteiger partial charge in [0.1, 0.15) is 0 Å². The van der Waals surface area contributed by atoms with Crippen molar-refractivity contribution >= 4 is 17.3 Å². The number of rotatable bonds is 9. The Morgan fingerprint density at radius 3 is 2.96 bits per heavy atom. The molecule has 130 valence electrons. The van der Waals surface area contributed by atoms with Crippen molar-refractivity contribution in [3.8, 4) is 5.88 Å². The average Bonchev–Trinajstić information content (AvgIpc) is 3.12. The number of aliphatic imine (C=N–C) groups is 1. The van der Waals surface area contributed by atoms with E-state index in [1.165, 1.54) is 5.56 Å². The molecule has 0 amide bonds. The molecule has 0 aliphatic heterocycles. The molecule has 2 rings (SSSR count). The number of nitrogens with one attached hydrogen (secondary N) is 2. The summed E-state index contributed by atoms with van der Waals surface area (Å²) in [7, 11) is 0. The van der Waals surface area contributed by atoms with Gasteiger partial charge in [-0.05, 0) is 41.8 Å². The molecule has 0 aliphatic rings. The van der Waals surface area contributed by atoms with Crippen molar-refractivity contribution in [1.29, 1.82) is 0 Å². The molecule has 0 saturated heterocycles. The quantitative estimate of drug-likeness (QED) is 0.414. The van der Waals surface area contributed by atoms with Gasteiger partial charge < -0.3 is 15.4 Å². The van der Waals surface area contributed by atoms with Crippen LogP contribution in [-0.4, -0.2) is 24.1 Å². The highest BCUT2D eigenvalue weighted by Gasteiger charge is 2.06. The molecule has 0 aliphatic carbocycles. The van der Waals surface area contributed by atoms with E-state index in [2.05, 4.69) is 51.3 Å². The van der Waals surface area contributed by atoms with Crippen LogP contribution in [-0.2, 0) is 13.1 Å². The van der Waals surface area contributed by atoms with Gasteiger partial charge in [-0.1, -0.05) is 19.4 Å². The fourth-order valence-electron chi connectivity index (χ4n) is 2.08. The van der Waals surface area contributed by atoms with Crippen LogP contribution in [0.4, 0.5) is 0 Å². The minimum absolute atomic E-state index is 0.630. The number of guanidine groups is 1. The van der Waals surface area contributed by atoms with Gasteiger partial charge in [0.05, 0.1) is 13.2 Å². The third-order valence-corrected chi connectivity index (χ3v) is 4.11. The second kappa shape index (κ2) is 10.6. The fraction of sp³-hybridized carbons (Fsp3) is 0.444. The van der Waals surface area contributed by atoms with Crippen LogP contribution in [0.1, 0.15) is 37.8 Å². The third-order valence-electron chi connectivity index (χ3n) is 3.38. The second-order valence-corrected chi connectivity index (χ2v) is 6.13. The molecule has 24 heavy (non-hydrogen) atoms. The van der Waals surface area contributed by atoms with Crippen LogP contribution in [0, 0.1) is 0 Å². The van der Waals surface area contributed by atoms with Crippen molar-refractivity contribution in [2.45, 2.75) is 39.8 Å². The van der Waals surface area contributed by atoms with E-state index in [0.29, 0.717) is 25.6 Å². The summed E-state index contributed by atoms with van der Waals surface area (Å²) in [6, 6.07) is 6.06. The summed E-state index contributed by atoms with van der Waals surface area (Å²) in [5, 5.41) is 10.8. The largest absolute Gasteiger partial charge is 0.477 e. The van der Waals surface area contributed by atoms with Crippen LogP contribution in [0.5, 0.6) is 5.88 Å². The number of pyridine rings is 1. The van der Waals surface area contributed by atoms with Gasteiger partial charge in [0, 0.05) is 24.8 Å². The molecular formula is C18H26N4OS.